The van der Waals surface area contributed by atoms with Crippen LogP contribution in [0.5, 0.6) is 0 Å². The molecule has 1 N–H and O–H groups in total. The number of piperazine rings is 1. The van der Waals surface area contributed by atoms with Gasteiger partial charge < -0.3 is 14.6 Å². The lowest BCUT2D eigenvalue weighted by Crippen LogP contribution is -2.50. The number of aryl methyl sites for hydroxylation is 1. The molecule has 1 atom stereocenters. The molecule has 0 spiro atoms. The number of fused-ring (bicyclic) bond motifs is 1. The first-order chi connectivity index (χ1) is 14.8. The summed E-state index contributed by atoms with van der Waals surface area (Å²) in [6.07, 6.45) is 0. The highest BCUT2D eigenvalue weighted by Crippen LogP contribution is 2.24. The molecule has 164 valence electrons. The Balaban J connectivity index is 1.33. The minimum Gasteiger partial charge on any atom is -0.459 e. The molecule has 1 fully saturated rings. The molecule has 1 aromatic heterocycles. The van der Waals surface area contributed by atoms with E-state index in [1.165, 1.54) is 9.87 Å². The molecule has 0 saturated carbocycles. The molecule has 8 heteroatoms. The summed E-state index contributed by atoms with van der Waals surface area (Å²) in [5, 5.41) is 3.69. The van der Waals surface area contributed by atoms with E-state index < -0.39 is 27.7 Å². The van der Waals surface area contributed by atoms with Gasteiger partial charge >= 0.3 is 0 Å². The molecular formula is C23H27N3O4S. The van der Waals surface area contributed by atoms with Crippen molar-refractivity contribution in [2.75, 3.05) is 36.8 Å². The minimum absolute atomic E-state index is 0.364. The van der Waals surface area contributed by atoms with Crippen LogP contribution in [-0.4, -0.2) is 50.6 Å². The van der Waals surface area contributed by atoms with Gasteiger partial charge in [-0.1, -0.05) is 30.3 Å². The summed E-state index contributed by atoms with van der Waals surface area (Å²) in [7, 11) is -3.68. The van der Waals surface area contributed by atoms with Gasteiger partial charge in [0.05, 0.1) is 6.04 Å². The van der Waals surface area contributed by atoms with E-state index in [0.29, 0.717) is 31.9 Å². The van der Waals surface area contributed by atoms with Crippen LogP contribution in [0.4, 0.5) is 5.69 Å². The van der Waals surface area contributed by atoms with Crippen molar-refractivity contribution in [3.8, 4) is 0 Å². The number of rotatable bonds is 6. The average Bonchev–Trinajstić information content (AvgIpc) is 3.18. The number of hydrogen-bond donors (Lipinski definition) is 1. The molecule has 1 amide bonds. The van der Waals surface area contributed by atoms with E-state index in [0.717, 1.165) is 16.7 Å². The summed E-state index contributed by atoms with van der Waals surface area (Å²) >= 11 is 0. The van der Waals surface area contributed by atoms with Crippen molar-refractivity contribution in [3.05, 3.63) is 65.9 Å². The van der Waals surface area contributed by atoms with Crippen molar-refractivity contribution >= 4 is 32.6 Å². The van der Waals surface area contributed by atoms with E-state index in [4.69, 9.17) is 4.42 Å². The second-order valence-corrected chi connectivity index (χ2v) is 9.93. The van der Waals surface area contributed by atoms with Gasteiger partial charge in [-0.2, -0.15) is 4.31 Å². The SMILES string of the molecule is Cc1cccc(N2CCN(S(=O)(=O)CC(=O)NC(C)c3cc4ccccc4o3)CC2)c1. The predicted octanol–water partition coefficient (Wildman–Crippen LogP) is 3.07. The van der Waals surface area contributed by atoms with Gasteiger partial charge in [-0.3, -0.25) is 4.79 Å². The number of carbonyl (C=O) groups is 1. The first-order valence-electron chi connectivity index (χ1n) is 10.4. The monoisotopic (exact) mass is 441 g/mol. The molecule has 7 nitrogen and oxygen atoms in total. The van der Waals surface area contributed by atoms with Crippen molar-refractivity contribution in [3.63, 3.8) is 0 Å². The van der Waals surface area contributed by atoms with Crippen molar-refractivity contribution in [1.29, 1.82) is 0 Å². The lowest BCUT2D eigenvalue weighted by molar-refractivity contribution is -0.119. The van der Waals surface area contributed by atoms with E-state index in [9.17, 15) is 13.2 Å². The molecule has 3 aromatic rings. The summed E-state index contributed by atoms with van der Waals surface area (Å²) in [5.74, 6) is -0.505. The summed E-state index contributed by atoms with van der Waals surface area (Å²) in [6.45, 7) is 5.74. The predicted molar refractivity (Wildman–Crippen MR) is 122 cm³/mol. The molecular weight excluding hydrogens is 414 g/mol. The third-order valence-electron chi connectivity index (χ3n) is 5.56. The zero-order chi connectivity index (χ0) is 22.0. The Morgan fingerprint density at radius 1 is 1.06 bits per heavy atom. The van der Waals surface area contributed by atoms with Crippen LogP contribution in [0.3, 0.4) is 0 Å². The normalized spacial score (nSPS) is 16.4. The number of sulfonamides is 1. The molecule has 2 heterocycles. The Labute approximate surface area is 182 Å². The number of amides is 1. The lowest BCUT2D eigenvalue weighted by atomic mass is 10.2. The summed E-state index contributed by atoms with van der Waals surface area (Å²) in [4.78, 5) is 14.6. The van der Waals surface area contributed by atoms with Crippen LogP contribution < -0.4 is 10.2 Å². The fraction of sp³-hybridized carbons (Fsp3) is 0.348. The van der Waals surface area contributed by atoms with Crippen LogP contribution in [0.25, 0.3) is 11.0 Å². The van der Waals surface area contributed by atoms with Gasteiger partial charge in [-0.05, 0) is 43.7 Å². The summed E-state index contributed by atoms with van der Waals surface area (Å²) in [5.41, 5.74) is 3.00. The smallest absolute Gasteiger partial charge is 0.237 e. The topological polar surface area (TPSA) is 82.9 Å². The number of para-hydroxylation sites is 1. The number of anilines is 1. The van der Waals surface area contributed by atoms with Crippen LogP contribution in [-0.2, 0) is 14.8 Å². The van der Waals surface area contributed by atoms with Crippen LogP contribution in [0.2, 0.25) is 0 Å². The maximum absolute atomic E-state index is 12.8. The van der Waals surface area contributed by atoms with Crippen molar-refractivity contribution in [2.45, 2.75) is 19.9 Å². The molecule has 1 aliphatic heterocycles. The van der Waals surface area contributed by atoms with E-state index in [2.05, 4.69) is 16.3 Å². The largest absolute Gasteiger partial charge is 0.459 e. The maximum Gasteiger partial charge on any atom is 0.237 e. The molecule has 1 aliphatic rings. The Bertz CT molecular complexity index is 1150. The standard InChI is InChI=1S/C23H27N3O4S/c1-17-6-5-8-20(14-17)25-10-12-26(13-11-25)31(28,29)16-23(27)24-18(2)22-15-19-7-3-4-9-21(19)30-22/h3-9,14-15,18H,10-13,16H2,1-2H3,(H,24,27). The average molecular weight is 442 g/mol. The number of hydrogen-bond acceptors (Lipinski definition) is 5. The zero-order valence-corrected chi connectivity index (χ0v) is 18.6. The van der Waals surface area contributed by atoms with E-state index >= 15 is 0 Å². The highest BCUT2D eigenvalue weighted by atomic mass is 32.2. The lowest BCUT2D eigenvalue weighted by Gasteiger charge is -2.35. The number of carbonyl (C=O) groups excluding carboxylic acids is 1. The Morgan fingerprint density at radius 2 is 1.81 bits per heavy atom. The molecule has 0 radical (unpaired) electrons. The van der Waals surface area contributed by atoms with Crippen LogP contribution >= 0.6 is 0 Å². The number of nitrogens with zero attached hydrogens (tertiary/aromatic N) is 2. The van der Waals surface area contributed by atoms with Gasteiger partial charge in [0.1, 0.15) is 17.1 Å². The number of benzene rings is 2. The number of furan rings is 1. The highest BCUT2D eigenvalue weighted by molar-refractivity contribution is 7.89. The first kappa shape index (κ1) is 21.4. The van der Waals surface area contributed by atoms with E-state index in [1.54, 1.807) is 6.92 Å². The highest BCUT2D eigenvalue weighted by Gasteiger charge is 2.29. The van der Waals surface area contributed by atoms with Gasteiger partial charge in [0.2, 0.25) is 15.9 Å². The molecule has 1 unspecified atom stereocenters. The quantitative estimate of drug-likeness (QED) is 0.636. The van der Waals surface area contributed by atoms with Crippen molar-refractivity contribution < 1.29 is 17.6 Å². The fourth-order valence-corrected chi connectivity index (χ4v) is 5.19. The van der Waals surface area contributed by atoms with Gasteiger partial charge in [0, 0.05) is 37.3 Å². The molecule has 2 aromatic carbocycles. The Kier molecular flexibility index (Phi) is 6.02. The third-order valence-corrected chi connectivity index (χ3v) is 7.34. The molecule has 1 saturated heterocycles. The first-order valence-corrected chi connectivity index (χ1v) is 12.0. The van der Waals surface area contributed by atoms with Gasteiger partial charge in [0.15, 0.2) is 0 Å². The van der Waals surface area contributed by atoms with Gasteiger partial charge in [-0.25, -0.2) is 8.42 Å². The zero-order valence-electron chi connectivity index (χ0n) is 17.7. The van der Waals surface area contributed by atoms with Crippen LogP contribution in [0.1, 0.15) is 24.3 Å². The van der Waals surface area contributed by atoms with Crippen LogP contribution in [0.15, 0.2) is 59.0 Å². The second kappa shape index (κ2) is 8.72. The minimum atomic E-state index is -3.68. The fourth-order valence-electron chi connectivity index (χ4n) is 3.88. The molecule has 31 heavy (non-hydrogen) atoms. The van der Waals surface area contributed by atoms with Crippen molar-refractivity contribution in [2.24, 2.45) is 0 Å². The summed E-state index contributed by atoms with van der Waals surface area (Å²) < 4.78 is 32.7. The third kappa shape index (κ3) is 4.91. The molecule has 0 bridgehead atoms. The van der Waals surface area contributed by atoms with E-state index in [-0.39, 0.29) is 0 Å². The van der Waals surface area contributed by atoms with Gasteiger partial charge in [0.25, 0.3) is 0 Å². The van der Waals surface area contributed by atoms with E-state index in [1.807, 2.05) is 55.5 Å². The summed E-state index contributed by atoms with van der Waals surface area (Å²) in [6, 6.07) is 17.2. The maximum atomic E-state index is 12.8. The Hall–Kier alpha value is -2.84. The number of nitrogens with one attached hydrogen (secondary N) is 1. The second-order valence-electron chi connectivity index (χ2n) is 7.96. The Morgan fingerprint density at radius 3 is 2.52 bits per heavy atom. The molecule has 0 aliphatic carbocycles. The molecule has 4 rings (SSSR count). The van der Waals surface area contributed by atoms with Gasteiger partial charge in [-0.15, -0.1) is 0 Å². The van der Waals surface area contributed by atoms with Crippen LogP contribution in [0, 0.1) is 6.92 Å². The van der Waals surface area contributed by atoms with Crippen molar-refractivity contribution in [1.82, 2.24) is 9.62 Å².